The standard InChI is InChI=1S/C55H59N3O/c1-52(2,3)42-30-39(31-45(34-42)58(44-22-16-13-17-23-44)50-24-18-19-29-56-50)48-32-38(37-25-27-41(28-26-37)55(10,11)40-20-14-12-15-21-40)33-49(57-48)46-35-43(53(4,5)6)36-47(51(46)59)54(7,8)9/h12-36,59H,1-11H3. The molecule has 0 aliphatic rings. The van der Waals surface area contributed by atoms with Crippen molar-refractivity contribution in [2.75, 3.05) is 4.90 Å². The van der Waals surface area contributed by atoms with Gasteiger partial charge in [0.15, 0.2) is 0 Å². The molecule has 2 heterocycles. The van der Waals surface area contributed by atoms with E-state index in [1.807, 2.05) is 30.5 Å². The average molecular weight is 778 g/mol. The number of aromatic hydroxyl groups is 1. The van der Waals surface area contributed by atoms with Gasteiger partial charge in [0.1, 0.15) is 11.6 Å². The van der Waals surface area contributed by atoms with Gasteiger partial charge in [-0.2, -0.15) is 0 Å². The van der Waals surface area contributed by atoms with Gasteiger partial charge in [-0.05, 0) is 110 Å². The minimum absolute atomic E-state index is 0.146. The number of rotatable bonds is 8. The van der Waals surface area contributed by atoms with E-state index in [1.54, 1.807) is 0 Å². The molecule has 0 radical (unpaired) electrons. The second kappa shape index (κ2) is 15.6. The summed E-state index contributed by atoms with van der Waals surface area (Å²) in [5.41, 5.74) is 12.4. The maximum Gasteiger partial charge on any atom is 0.137 e. The summed E-state index contributed by atoms with van der Waals surface area (Å²) in [6, 6.07) is 51.5. The Morgan fingerprint density at radius 3 is 1.61 bits per heavy atom. The molecule has 5 aromatic carbocycles. The highest BCUT2D eigenvalue weighted by Crippen LogP contribution is 2.45. The summed E-state index contributed by atoms with van der Waals surface area (Å²) < 4.78 is 0. The van der Waals surface area contributed by atoms with Crippen molar-refractivity contribution in [3.63, 3.8) is 0 Å². The molecule has 4 heteroatoms. The third-order valence-corrected chi connectivity index (χ3v) is 11.6. The summed E-state index contributed by atoms with van der Waals surface area (Å²) in [5.74, 6) is 1.10. The molecule has 4 nitrogen and oxygen atoms in total. The average Bonchev–Trinajstić information content (AvgIpc) is 3.21. The molecule has 0 atom stereocenters. The van der Waals surface area contributed by atoms with Crippen LogP contribution < -0.4 is 4.90 Å². The van der Waals surface area contributed by atoms with Crippen LogP contribution in [0.25, 0.3) is 33.6 Å². The molecule has 0 amide bonds. The second-order valence-electron chi connectivity index (χ2n) is 19.5. The smallest absolute Gasteiger partial charge is 0.137 e. The van der Waals surface area contributed by atoms with Crippen molar-refractivity contribution < 1.29 is 5.11 Å². The summed E-state index contributed by atoms with van der Waals surface area (Å²) in [4.78, 5) is 12.5. The van der Waals surface area contributed by atoms with Crippen LogP contribution in [0.3, 0.4) is 0 Å². The number of phenols is 1. The van der Waals surface area contributed by atoms with E-state index < -0.39 is 0 Å². The molecule has 7 rings (SSSR count). The molecule has 0 fully saturated rings. The van der Waals surface area contributed by atoms with E-state index in [1.165, 1.54) is 16.7 Å². The maximum absolute atomic E-state index is 12.2. The molecule has 0 saturated heterocycles. The van der Waals surface area contributed by atoms with Gasteiger partial charge in [0.25, 0.3) is 0 Å². The Labute approximate surface area is 352 Å². The van der Waals surface area contributed by atoms with Crippen LogP contribution >= 0.6 is 0 Å². The normalized spacial score (nSPS) is 12.4. The van der Waals surface area contributed by atoms with E-state index in [9.17, 15) is 5.11 Å². The lowest BCUT2D eigenvalue weighted by atomic mass is 9.77. The molecule has 7 aromatic rings. The Kier molecular flexibility index (Phi) is 10.9. The third-order valence-electron chi connectivity index (χ3n) is 11.6. The topological polar surface area (TPSA) is 49.3 Å². The fraction of sp³-hybridized carbons (Fsp3) is 0.273. The minimum atomic E-state index is -0.287. The van der Waals surface area contributed by atoms with Gasteiger partial charge in [-0.3, -0.25) is 4.90 Å². The third kappa shape index (κ3) is 8.73. The van der Waals surface area contributed by atoms with Crippen LogP contribution in [0.4, 0.5) is 17.2 Å². The van der Waals surface area contributed by atoms with Gasteiger partial charge in [-0.1, -0.05) is 161 Å². The van der Waals surface area contributed by atoms with E-state index in [4.69, 9.17) is 9.97 Å². The summed E-state index contributed by atoms with van der Waals surface area (Å²) in [5, 5.41) is 12.2. The molecule has 0 bridgehead atoms. The lowest BCUT2D eigenvalue weighted by molar-refractivity contribution is 0.446. The number of benzene rings is 5. The van der Waals surface area contributed by atoms with E-state index in [-0.39, 0.29) is 27.4 Å². The predicted octanol–water partition coefficient (Wildman–Crippen LogP) is 14.9. The lowest BCUT2D eigenvalue weighted by Crippen LogP contribution is -2.18. The maximum atomic E-state index is 12.2. The number of pyridine rings is 2. The second-order valence-corrected chi connectivity index (χ2v) is 19.5. The van der Waals surface area contributed by atoms with E-state index in [0.29, 0.717) is 0 Å². The molecular formula is C55H59N3O. The molecule has 1 N–H and O–H groups in total. The number of nitrogens with zero attached hydrogens (tertiary/aromatic N) is 3. The Morgan fingerprint density at radius 1 is 0.441 bits per heavy atom. The van der Waals surface area contributed by atoms with Crippen LogP contribution in [0.15, 0.2) is 152 Å². The number of hydrogen-bond acceptors (Lipinski definition) is 4. The van der Waals surface area contributed by atoms with Crippen molar-refractivity contribution in [2.24, 2.45) is 0 Å². The quantitative estimate of drug-likeness (QED) is 0.167. The van der Waals surface area contributed by atoms with Crippen LogP contribution in [0.5, 0.6) is 5.75 Å². The van der Waals surface area contributed by atoms with Crippen LogP contribution in [0.1, 0.15) is 104 Å². The predicted molar refractivity (Wildman–Crippen MR) is 249 cm³/mol. The molecule has 0 aliphatic heterocycles. The fourth-order valence-corrected chi connectivity index (χ4v) is 7.72. The Bertz CT molecular complexity index is 2520. The Morgan fingerprint density at radius 2 is 1.02 bits per heavy atom. The molecule has 0 saturated carbocycles. The largest absolute Gasteiger partial charge is 0.507 e. The first-order valence-electron chi connectivity index (χ1n) is 20.8. The number of hydrogen-bond donors (Lipinski definition) is 1. The Hall–Kier alpha value is -6.00. The molecule has 2 aromatic heterocycles. The first-order valence-corrected chi connectivity index (χ1v) is 20.8. The number of aromatic nitrogens is 2. The molecule has 0 unspecified atom stereocenters. The Balaban J connectivity index is 1.49. The van der Waals surface area contributed by atoms with Crippen molar-refractivity contribution >= 4 is 17.2 Å². The van der Waals surface area contributed by atoms with Crippen molar-refractivity contribution in [1.29, 1.82) is 0 Å². The summed E-state index contributed by atoms with van der Waals surface area (Å²) in [7, 11) is 0. The SMILES string of the molecule is CC(C)(C)c1cc(-c2cc(-c3ccc(C(C)(C)c4ccccc4)cc3)cc(-c3cc(C(C)(C)C)cc(C(C)(C)C)c3O)n2)cc(N(c2ccccc2)c2ccccn2)c1. The summed E-state index contributed by atoms with van der Waals surface area (Å²) in [6.45, 7) is 24.5. The van der Waals surface area contributed by atoms with Gasteiger partial charge >= 0.3 is 0 Å². The highest BCUT2D eigenvalue weighted by atomic mass is 16.3. The van der Waals surface area contributed by atoms with E-state index in [0.717, 1.165) is 62.0 Å². The van der Waals surface area contributed by atoms with E-state index >= 15 is 0 Å². The number of phenolic OH excluding ortho intramolecular Hbond substituents is 1. The van der Waals surface area contributed by atoms with Crippen molar-refractivity contribution in [3.8, 4) is 39.4 Å². The molecule has 59 heavy (non-hydrogen) atoms. The molecular weight excluding hydrogens is 719 g/mol. The molecule has 300 valence electrons. The summed E-state index contributed by atoms with van der Waals surface area (Å²) >= 11 is 0. The van der Waals surface area contributed by atoms with Gasteiger partial charge in [-0.25, -0.2) is 9.97 Å². The number of anilines is 3. The first-order chi connectivity index (χ1) is 27.8. The zero-order valence-corrected chi connectivity index (χ0v) is 36.7. The highest BCUT2D eigenvalue weighted by Gasteiger charge is 2.28. The van der Waals surface area contributed by atoms with Crippen LogP contribution in [-0.4, -0.2) is 15.1 Å². The van der Waals surface area contributed by atoms with Crippen molar-refractivity contribution in [1.82, 2.24) is 9.97 Å². The van der Waals surface area contributed by atoms with Gasteiger partial charge < -0.3 is 5.11 Å². The number of para-hydroxylation sites is 1. The zero-order chi connectivity index (χ0) is 42.3. The van der Waals surface area contributed by atoms with Crippen LogP contribution in [-0.2, 0) is 21.7 Å². The van der Waals surface area contributed by atoms with Gasteiger partial charge in [0.05, 0.1) is 11.4 Å². The highest BCUT2D eigenvalue weighted by molar-refractivity contribution is 5.83. The molecule has 0 spiro atoms. The van der Waals surface area contributed by atoms with Crippen LogP contribution in [0, 0.1) is 0 Å². The monoisotopic (exact) mass is 777 g/mol. The first kappa shape index (κ1) is 41.2. The zero-order valence-electron chi connectivity index (χ0n) is 36.7. The summed E-state index contributed by atoms with van der Waals surface area (Å²) in [6.07, 6.45) is 1.84. The van der Waals surface area contributed by atoms with Gasteiger partial charge in [-0.15, -0.1) is 0 Å². The van der Waals surface area contributed by atoms with Crippen molar-refractivity contribution in [3.05, 3.63) is 180 Å². The van der Waals surface area contributed by atoms with Gasteiger partial charge in [0, 0.05) is 39.7 Å². The van der Waals surface area contributed by atoms with Gasteiger partial charge in [0.2, 0.25) is 0 Å². The van der Waals surface area contributed by atoms with Crippen molar-refractivity contribution in [2.45, 2.75) is 97.8 Å². The lowest BCUT2D eigenvalue weighted by Gasteiger charge is -2.28. The van der Waals surface area contributed by atoms with E-state index in [2.05, 4.69) is 202 Å². The van der Waals surface area contributed by atoms with Crippen LogP contribution in [0.2, 0.25) is 0 Å². The molecule has 0 aliphatic carbocycles. The fourth-order valence-electron chi connectivity index (χ4n) is 7.72. The minimum Gasteiger partial charge on any atom is -0.507 e.